The lowest BCUT2D eigenvalue weighted by molar-refractivity contribution is 0.194. The predicted molar refractivity (Wildman–Crippen MR) is 107 cm³/mol. The lowest BCUT2D eigenvalue weighted by atomic mass is 9.97. The number of rotatable bonds is 5. The standard InChI is InChI=1S/C21H25N5O2/c1-15-5-3-7-17(22-15)14-25-12-4-6-16(13-25)20-23-21(27)26(24-20)18-8-10-19(28-2)11-9-18/h3,5,7-11,16H,4,6,12-14H2,1-2H3,(H,23,24,27)/t16-/m0/s1. The van der Waals surface area contributed by atoms with E-state index >= 15 is 0 Å². The molecule has 0 unspecified atom stereocenters. The molecule has 1 aromatic carbocycles. The monoisotopic (exact) mass is 379 g/mol. The minimum atomic E-state index is -0.211. The molecule has 1 atom stereocenters. The van der Waals surface area contributed by atoms with Crippen molar-refractivity contribution in [2.24, 2.45) is 0 Å². The lowest BCUT2D eigenvalue weighted by Gasteiger charge is -2.31. The molecule has 0 aliphatic carbocycles. The van der Waals surface area contributed by atoms with Gasteiger partial charge >= 0.3 is 5.69 Å². The van der Waals surface area contributed by atoms with Gasteiger partial charge in [-0.2, -0.15) is 4.68 Å². The van der Waals surface area contributed by atoms with Crippen LogP contribution in [0, 0.1) is 6.92 Å². The molecule has 28 heavy (non-hydrogen) atoms. The highest BCUT2D eigenvalue weighted by molar-refractivity contribution is 5.36. The molecule has 0 bridgehead atoms. The van der Waals surface area contributed by atoms with E-state index in [0.717, 1.165) is 61.1 Å². The van der Waals surface area contributed by atoms with E-state index in [1.54, 1.807) is 7.11 Å². The van der Waals surface area contributed by atoms with Crippen LogP contribution in [0.1, 0.15) is 36.0 Å². The number of hydrogen-bond donors (Lipinski definition) is 1. The van der Waals surface area contributed by atoms with Gasteiger partial charge in [0.1, 0.15) is 11.6 Å². The van der Waals surface area contributed by atoms with Crippen molar-refractivity contribution in [1.82, 2.24) is 24.6 Å². The maximum atomic E-state index is 12.4. The summed E-state index contributed by atoms with van der Waals surface area (Å²) < 4.78 is 6.60. The largest absolute Gasteiger partial charge is 0.497 e. The molecule has 1 N–H and O–H groups in total. The molecule has 7 heteroatoms. The number of hydrogen-bond acceptors (Lipinski definition) is 5. The predicted octanol–water partition coefficient (Wildman–Crippen LogP) is 2.65. The number of likely N-dealkylation sites (tertiary alicyclic amines) is 1. The number of aromatic amines is 1. The minimum Gasteiger partial charge on any atom is -0.497 e. The van der Waals surface area contributed by atoms with Gasteiger partial charge < -0.3 is 4.74 Å². The van der Waals surface area contributed by atoms with Gasteiger partial charge in [0, 0.05) is 24.7 Å². The highest BCUT2D eigenvalue weighted by Crippen LogP contribution is 2.25. The highest BCUT2D eigenvalue weighted by atomic mass is 16.5. The van der Waals surface area contributed by atoms with Crippen molar-refractivity contribution in [3.8, 4) is 11.4 Å². The number of ether oxygens (including phenoxy) is 1. The van der Waals surface area contributed by atoms with Gasteiger partial charge in [-0.3, -0.25) is 14.9 Å². The fourth-order valence-electron chi connectivity index (χ4n) is 3.76. The second-order valence-corrected chi connectivity index (χ2v) is 7.27. The van der Waals surface area contributed by atoms with E-state index in [-0.39, 0.29) is 11.6 Å². The first-order valence-electron chi connectivity index (χ1n) is 9.61. The van der Waals surface area contributed by atoms with Gasteiger partial charge in [-0.15, -0.1) is 5.10 Å². The van der Waals surface area contributed by atoms with Crippen LogP contribution in [-0.4, -0.2) is 44.8 Å². The van der Waals surface area contributed by atoms with E-state index in [1.807, 2.05) is 43.3 Å². The molecule has 146 valence electrons. The Labute approximate surface area is 164 Å². The Morgan fingerprint density at radius 3 is 2.79 bits per heavy atom. The zero-order chi connectivity index (χ0) is 19.5. The number of nitrogens with one attached hydrogen (secondary N) is 1. The van der Waals surface area contributed by atoms with E-state index in [1.165, 1.54) is 4.68 Å². The SMILES string of the molecule is COc1ccc(-n2nc([C@H]3CCCN(Cc4cccc(C)n4)C3)[nH]c2=O)cc1. The van der Waals surface area contributed by atoms with Crippen LogP contribution in [0.4, 0.5) is 0 Å². The number of H-pyrrole nitrogens is 1. The molecular formula is C21H25N5O2. The fourth-order valence-corrected chi connectivity index (χ4v) is 3.76. The first-order chi connectivity index (χ1) is 13.6. The van der Waals surface area contributed by atoms with E-state index in [0.29, 0.717) is 0 Å². The second-order valence-electron chi connectivity index (χ2n) is 7.27. The van der Waals surface area contributed by atoms with Gasteiger partial charge in [0.25, 0.3) is 0 Å². The Morgan fingerprint density at radius 2 is 2.04 bits per heavy atom. The molecule has 4 rings (SSSR count). The Hall–Kier alpha value is -2.93. The molecule has 7 nitrogen and oxygen atoms in total. The molecule has 0 amide bonds. The lowest BCUT2D eigenvalue weighted by Crippen LogP contribution is -2.34. The summed E-state index contributed by atoms with van der Waals surface area (Å²) in [5.41, 5.74) is 2.63. The van der Waals surface area contributed by atoms with E-state index in [2.05, 4.69) is 26.0 Å². The summed E-state index contributed by atoms with van der Waals surface area (Å²) >= 11 is 0. The van der Waals surface area contributed by atoms with Crippen molar-refractivity contribution in [3.05, 3.63) is 70.2 Å². The van der Waals surface area contributed by atoms with E-state index in [9.17, 15) is 4.79 Å². The maximum absolute atomic E-state index is 12.4. The summed E-state index contributed by atoms with van der Waals surface area (Å²) in [4.78, 5) is 22.4. The van der Waals surface area contributed by atoms with Crippen LogP contribution in [0.2, 0.25) is 0 Å². The van der Waals surface area contributed by atoms with Gasteiger partial charge in [0.2, 0.25) is 0 Å². The summed E-state index contributed by atoms with van der Waals surface area (Å²) in [6, 6.07) is 13.5. The molecule has 1 saturated heterocycles. The topological polar surface area (TPSA) is 76.0 Å². The first-order valence-corrected chi connectivity index (χ1v) is 9.61. The molecule has 0 saturated carbocycles. The van der Waals surface area contributed by atoms with Gasteiger partial charge in [-0.05, 0) is 62.7 Å². The fraction of sp³-hybridized carbons (Fsp3) is 0.381. The molecule has 2 aromatic heterocycles. The summed E-state index contributed by atoms with van der Waals surface area (Å²) in [5.74, 6) is 1.72. The molecule has 1 fully saturated rings. The zero-order valence-corrected chi connectivity index (χ0v) is 16.3. The summed E-state index contributed by atoms with van der Waals surface area (Å²) in [5, 5.41) is 4.58. The molecule has 1 aliphatic heterocycles. The second kappa shape index (κ2) is 7.98. The Bertz CT molecular complexity index is 993. The first kappa shape index (κ1) is 18.4. The third-order valence-corrected chi connectivity index (χ3v) is 5.18. The third-order valence-electron chi connectivity index (χ3n) is 5.18. The third kappa shape index (κ3) is 3.99. The van der Waals surface area contributed by atoms with Crippen LogP contribution < -0.4 is 10.4 Å². The summed E-state index contributed by atoms with van der Waals surface area (Å²) in [6.45, 7) is 4.74. The van der Waals surface area contributed by atoms with Crippen LogP contribution in [0.5, 0.6) is 5.75 Å². The van der Waals surface area contributed by atoms with Gasteiger partial charge in [0.05, 0.1) is 18.5 Å². The van der Waals surface area contributed by atoms with Crippen molar-refractivity contribution in [1.29, 1.82) is 0 Å². The molecule has 0 radical (unpaired) electrons. The number of aryl methyl sites for hydroxylation is 1. The average Bonchev–Trinajstić information content (AvgIpc) is 3.10. The van der Waals surface area contributed by atoms with Crippen LogP contribution in [0.25, 0.3) is 5.69 Å². The van der Waals surface area contributed by atoms with Crippen LogP contribution in [0.3, 0.4) is 0 Å². The van der Waals surface area contributed by atoms with E-state index < -0.39 is 0 Å². The van der Waals surface area contributed by atoms with Crippen molar-refractivity contribution in [3.63, 3.8) is 0 Å². The number of nitrogens with zero attached hydrogens (tertiary/aromatic N) is 4. The average molecular weight is 379 g/mol. The maximum Gasteiger partial charge on any atom is 0.348 e. The number of pyridine rings is 1. The molecule has 1 aliphatic rings. The van der Waals surface area contributed by atoms with Crippen molar-refractivity contribution in [2.45, 2.75) is 32.2 Å². The van der Waals surface area contributed by atoms with Gasteiger partial charge in [-0.1, -0.05) is 6.07 Å². The van der Waals surface area contributed by atoms with Crippen LogP contribution in [-0.2, 0) is 6.54 Å². The molecule has 0 spiro atoms. The molecular weight excluding hydrogens is 354 g/mol. The zero-order valence-electron chi connectivity index (χ0n) is 16.3. The van der Waals surface area contributed by atoms with Crippen molar-refractivity contribution < 1.29 is 4.74 Å². The molecule has 3 heterocycles. The van der Waals surface area contributed by atoms with Gasteiger partial charge in [0.15, 0.2) is 0 Å². The Morgan fingerprint density at radius 1 is 1.21 bits per heavy atom. The normalized spacial score (nSPS) is 17.6. The highest BCUT2D eigenvalue weighted by Gasteiger charge is 2.25. The van der Waals surface area contributed by atoms with Gasteiger partial charge in [-0.25, -0.2) is 4.79 Å². The Kier molecular flexibility index (Phi) is 5.25. The molecule has 3 aromatic rings. The number of aromatic nitrogens is 4. The Balaban J connectivity index is 1.50. The summed E-state index contributed by atoms with van der Waals surface area (Å²) in [6.07, 6.45) is 2.10. The summed E-state index contributed by atoms with van der Waals surface area (Å²) in [7, 11) is 1.62. The van der Waals surface area contributed by atoms with E-state index in [4.69, 9.17) is 4.74 Å². The minimum absolute atomic E-state index is 0.211. The van der Waals surface area contributed by atoms with Crippen LogP contribution >= 0.6 is 0 Å². The smallest absolute Gasteiger partial charge is 0.348 e. The van der Waals surface area contributed by atoms with Crippen molar-refractivity contribution in [2.75, 3.05) is 20.2 Å². The van der Waals surface area contributed by atoms with Crippen LogP contribution in [0.15, 0.2) is 47.3 Å². The van der Waals surface area contributed by atoms with Crippen molar-refractivity contribution >= 4 is 0 Å². The quantitative estimate of drug-likeness (QED) is 0.738. The number of piperidine rings is 1. The number of benzene rings is 1. The number of methoxy groups -OCH3 is 1.